The molecule has 0 aliphatic rings. The molecule has 0 fully saturated rings. The Balaban J connectivity index is 1.63. The van der Waals surface area contributed by atoms with Crippen molar-refractivity contribution in [1.82, 2.24) is 29.6 Å². The van der Waals surface area contributed by atoms with Crippen LogP contribution in [0.3, 0.4) is 0 Å². The van der Waals surface area contributed by atoms with Crippen molar-refractivity contribution in [2.75, 3.05) is 5.43 Å². The zero-order valence-corrected chi connectivity index (χ0v) is 15.3. The van der Waals surface area contributed by atoms with Crippen molar-refractivity contribution in [1.29, 1.82) is 0 Å². The largest absolute Gasteiger partial charge is 0.273 e. The van der Waals surface area contributed by atoms with Gasteiger partial charge in [-0.1, -0.05) is 0 Å². The lowest BCUT2D eigenvalue weighted by molar-refractivity contribution is 0.101. The molecule has 146 valence electrons. The van der Waals surface area contributed by atoms with Crippen LogP contribution in [0.15, 0.2) is 49.3 Å². The molecule has 1 amide bonds. The van der Waals surface area contributed by atoms with Crippen LogP contribution in [-0.2, 0) is 6.42 Å². The van der Waals surface area contributed by atoms with Gasteiger partial charge >= 0.3 is 0 Å². The van der Waals surface area contributed by atoms with Gasteiger partial charge in [-0.2, -0.15) is 0 Å². The molecular formula is C19H15F2N7O. The molecule has 0 aliphatic carbocycles. The summed E-state index contributed by atoms with van der Waals surface area (Å²) in [5, 5.41) is 0.602. The van der Waals surface area contributed by atoms with Crippen molar-refractivity contribution in [2.45, 2.75) is 19.8 Å². The number of halogens is 2. The Labute approximate surface area is 163 Å². The van der Waals surface area contributed by atoms with Gasteiger partial charge in [-0.3, -0.25) is 19.9 Å². The van der Waals surface area contributed by atoms with E-state index in [1.807, 2.05) is 0 Å². The molecule has 0 saturated carbocycles. The van der Waals surface area contributed by atoms with Crippen molar-refractivity contribution in [3.8, 4) is 11.6 Å². The molecule has 0 bridgehead atoms. The molecule has 29 heavy (non-hydrogen) atoms. The summed E-state index contributed by atoms with van der Waals surface area (Å²) in [6.45, 7) is 1.67. The molecule has 4 heterocycles. The summed E-state index contributed by atoms with van der Waals surface area (Å²) in [5.41, 5.74) is 4.29. The van der Waals surface area contributed by atoms with Crippen molar-refractivity contribution in [3.05, 3.63) is 66.1 Å². The van der Waals surface area contributed by atoms with Crippen molar-refractivity contribution < 1.29 is 13.6 Å². The summed E-state index contributed by atoms with van der Waals surface area (Å²) in [6, 6.07) is 3.31. The third-order valence-electron chi connectivity index (χ3n) is 4.28. The molecule has 0 radical (unpaired) electrons. The van der Waals surface area contributed by atoms with Crippen LogP contribution in [0.1, 0.15) is 21.6 Å². The fourth-order valence-electron chi connectivity index (χ4n) is 2.95. The van der Waals surface area contributed by atoms with Gasteiger partial charge in [-0.25, -0.2) is 28.7 Å². The quantitative estimate of drug-likeness (QED) is 0.558. The number of aromatic nitrogens is 6. The number of nitrogens with one attached hydrogen (secondary N) is 1. The Morgan fingerprint density at radius 1 is 1.14 bits per heavy atom. The minimum atomic E-state index is -2.50. The lowest BCUT2D eigenvalue weighted by Gasteiger charge is -2.09. The fourth-order valence-corrected chi connectivity index (χ4v) is 2.95. The molecule has 0 unspecified atom stereocenters. The Hall–Kier alpha value is -3.82. The molecule has 4 aromatic heterocycles. The molecule has 0 aliphatic heterocycles. The predicted octanol–water partition coefficient (Wildman–Crippen LogP) is 2.78. The van der Waals surface area contributed by atoms with Crippen LogP contribution >= 0.6 is 0 Å². The summed E-state index contributed by atoms with van der Waals surface area (Å²) >= 11 is 0. The van der Waals surface area contributed by atoms with Crippen molar-refractivity contribution in [2.24, 2.45) is 0 Å². The maximum absolute atomic E-state index is 12.9. The SMILES string of the molecule is Cc1nc(-c2ncccn2)ncc1C(=O)Nn1cc(CC(F)F)c2ccncc21. The lowest BCUT2D eigenvalue weighted by atomic mass is 10.1. The summed E-state index contributed by atoms with van der Waals surface area (Å²) in [5.74, 6) is 0.170. The van der Waals surface area contributed by atoms with Gasteiger partial charge in [0.2, 0.25) is 6.43 Å². The summed E-state index contributed by atoms with van der Waals surface area (Å²) < 4.78 is 27.1. The van der Waals surface area contributed by atoms with E-state index in [1.165, 1.54) is 29.5 Å². The topological polar surface area (TPSA) is 98.5 Å². The van der Waals surface area contributed by atoms with Gasteiger partial charge in [0, 0.05) is 42.8 Å². The van der Waals surface area contributed by atoms with Gasteiger partial charge in [0.25, 0.3) is 5.91 Å². The Bertz CT molecular complexity index is 1180. The van der Waals surface area contributed by atoms with E-state index in [9.17, 15) is 13.6 Å². The number of carbonyl (C=O) groups is 1. The van der Waals surface area contributed by atoms with E-state index in [0.717, 1.165) is 0 Å². The standard InChI is InChI=1S/C19H15F2N7O/c1-11-14(8-25-18(26-11)17-23-4-2-5-24-17)19(29)27-28-10-12(7-16(20)21)13-3-6-22-9-15(13)28/h2-6,8-10,16H,7H2,1H3,(H,27,29). The number of rotatable bonds is 5. The zero-order valence-electron chi connectivity index (χ0n) is 15.3. The van der Waals surface area contributed by atoms with Crippen molar-refractivity contribution in [3.63, 3.8) is 0 Å². The van der Waals surface area contributed by atoms with E-state index < -0.39 is 18.8 Å². The zero-order chi connectivity index (χ0) is 20.4. The number of pyridine rings is 1. The molecule has 10 heteroatoms. The van der Waals surface area contributed by atoms with Gasteiger partial charge in [0.1, 0.15) is 0 Å². The molecule has 4 aromatic rings. The predicted molar refractivity (Wildman–Crippen MR) is 101 cm³/mol. The molecule has 1 N–H and O–H groups in total. The number of hydrogen-bond acceptors (Lipinski definition) is 6. The van der Waals surface area contributed by atoms with E-state index in [0.29, 0.717) is 33.8 Å². The van der Waals surface area contributed by atoms with E-state index in [2.05, 4.69) is 30.3 Å². The molecule has 4 rings (SSSR count). The minimum absolute atomic E-state index is 0.242. The first-order chi connectivity index (χ1) is 14.0. The maximum atomic E-state index is 12.9. The molecule has 0 atom stereocenters. The highest BCUT2D eigenvalue weighted by Gasteiger charge is 2.17. The normalized spacial score (nSPS) is 11.2. The number of carbonyl (C=O) groups excluding carboxylic acids is 1. The van der Waals surface area contributed by atoms with E-state index in [4.69, 9.17) is 0 Å². The van der Waals surface area contributed by atoms with Crippen LogP contribution in [0, 0.1) is 6.92 Å². The monoisotopic (exact) mass is 395 g/mol. The van der Waals surface area contributed by atoms with Gasteiger partial charge in [-0.05, 0) is 24.6 Å². The average Bonchev–Trinajstić information content (AvgIpc) is 3.05. The fraction of sp³-hybridized carbons (Fsp3) is 0.158. The molecule has 8 nitrogen and oxygen atoms in total. The first-order valence-corrected chi connectivity index (χ1v) is 8.67. The Morgan fingerprint density at radius 2 is 1.93 bits per heavy atom. The van der Waals surface area contributed by atoms with E-state index in [1.54, 1.807) is 31.5 Å². The molecule has 0 saturated heterocycles. The van der Waals surface area contributed by atoms with Gasteiger partial charge < -0.3 is 0 Å². The second-order valence-electron chi connectivity index (χ2n) is 6.22. The Morgan fingerprint density at radius 3 is 2.66 bits per heavy atom. The number of fused-ring (bicyclic) bond motifs is 1. The van der Waals surface area contributed by atoms with Gasteiger partial charge in [-0.15, -0.1) is 0 Å². The van der Waals surface area contributed by atoms with Crippen molar-refractivity contribution >= 4 is 16.8 Å². The maximum Gasteiger partial charge on any atom is 0.273 e. The number of hydrogen-bond donors (Lipinski definition) is 1. The first-order valence-electron chi connectivity index (χ1n) is 8.67. The molecule has 0 spiro atoms. The Kier molecular flexibility index (Phi) is 4.90. The van der Waals surface area contributed by atoms with Crippen LogP contribution in [0.4, 0.5) is 8.78 Å². The summed E-state index contributed by atoms with van der Waals surface area (Å²) in [6.07, 6.45) is 6.11. The van der Waals surface area contributed by atoms with Crippen LogP contribution in [-0.4, -0.2) is 41.9 Å². The van der Waals surface area contributed by atoms with E-state index >= 15 is 0 Å². The number of alkyl halides is 2. The highest BCUT2D eigenvalue weighted by molar-refractivity contribution is 6.01. The van der Waals surface area contributed by atoms with Crippen LogP contribution in [0.25, 0.3) is 22.6 Å². The first kappa shape index (κ1) is 18.5. The average molecular weight is 395 g/mol. The van der Waals surface area contributed by atoms with Gasteiger partial charge in [0.05, 0.1) is 23.0 Å². The summed E-state index contributed by atoms with van der Waals surface area (Å²) in [4.78, 5) is 33.4. The lowest BCUT2D eigenvalue weighted by Crippen LogP contribution is -2.23. The second kappa shape index (κ2) is 7.66. The molecular weight excluding hydrogens is 380 g/mol. The highest BCUT2D eigenvalue weighted by atomic mass is 19.3. The highest BCUT2D eigenvalue weighted by Crippen LogP contribution is 2.22. The minimum Gasteiger partial charge on any atom is -0.267 e. The van der Waals surface area contributed by atoms with Crippen LogP contribution < -0.4 is 5.43 Å². The number of nitrogens with zero attached hydrogens (tertiary/aromatic N) is 6. The second-order valence-corrected chi connectivity index (χ2v) is 6.22. The number of aryl methyl sites for hydroxylation is 1. The van der Waals surface area contributed by atoms with Gasteiger partial charge in [0.15, 0.2) is 11.6 Å². The summed E-state index contributed by atoms with van der Waals surface area (Å²) in [7, 11) is 0. The van der Waals surface area contributed by atoms with Crippen LogP contribution in [0.2, 0.25) is 0 Å². The smallest absolute Gasteiger partial charge is 0.267 e. The third kappa shape index (κ3) is 3.77. The van der Waals surface area contributed by atoms with E-state index in [-0.39, 0.29) is 5.56 Å². The van der Waals surface area contributed by atoms with Crippen LogP contribution in [0.5, 0.6) is 0 Å². The molecule has 0 aromatic carbocycles. The third-order valence-corrected chi connectivity index (χ3v) is 4.28. The number of amides is 1.